The summed E-state index contributed by atoms with van der Waals surface area (Å²) < 4.78 is 0. The molecule has 0 unspecified atom stereocenters. The van der Waals surface area contributed by atoms with Crippen LogP contribution in [0.5, 0.6) is 0 Å². The van der Waals surface area contributed by atoms with Gasteiger partial charge in [-0.05, 0) is 24.3 Å². The van der Waals surface area contributed by atoms with E-state index in [-0.39, 0.29) is 18.1 Å². The monoisotopic (exact) mass is 305 g/mol. The van der Waals surface area contributed by atoms with Crippen molar-refractivity contribution in [3.05, 3.63) is 63.7 Å². The molecular weight excluding hydrogens is 294 g/mol. The molecule has 0 aliphatic rings. The lowest BCUT2D eigenvalue weighted by atomic mass is 10.3. The molecule has 2 aromatic rings. The number of nitrogens with zero attached hydrogens (tertiary/aromatic N) is 1. The molecule has 7 heteroatoms. The van der Waals surface area contributed by atoms with Crippen LogP contribution in [0.25, 0.3) is 0 Å². The van der Waals surface area contributed by atoms with Crippen molar-refractivity contribution in [1.29, 1.82) is 0 Å². The first-order valence-corrected chi connectivity index (χ1v) is 6.46. The lowest BCUT2D eigenvalue weighted by Gasteiger charge is -2.08. The molecule has 0 spiro atoms. The summed E-state index contributed by atoms with van der Waals surface area (Å²) in [5.41, 5.74) is 1.06. The first-order chi connectivity index (χ1) is 10.0. The van der Waals surface area contributed by atoms with Crippen molar-refractivity contribution < 1.29 is 9.72 Å². The second kappa shape index (κ2) is 6.71. The van der Waals surface area contributed by atoms with Crippen molar-refractivity contribution in [2.24, 2.45) is 0 Å². The van der Waals surface area contributed by atoms with Gasteiger partial charge in [-0.15, -0.1) is 0 Å². The number of carbonyl (C=O) groups is 1. The summed E-state index contributed by atoms with van der Waals surface area (Å²) >= 11 is 5.82. The Labute approximate surface area is 125 Å². The van der Waals surface area contributed by atoms with Gasteiger partial charge in [-0.1, -0.05) is 23.7 Å². The van der Waals surface area contributed by atoms with E-state index in [1.165, 1.54) is 12.1 Å². The summed E-state index contributed by atoms with van der Waals surface area (Å²) in [7, 11) is 0. The fourth-order valence-electron chi connectivity index (χ4n) is 1.68. The Morgan fingerprint density at radius 2 is 1.86 bits per heavy atom. The molecule has 21 heavy (non-hydrogen) atoms. The number of rotatable bonds is 5. The number of halogens is 1. The molecule has 1 amide bonds. The molecule has 0 saturated heterocycles. The first kappa shape index (κ1) is 14.8. The molecule has 0 atom stereocenters. The van der Waals surface area contributed by atoms with Gasteiger partial charge in [0.15, 0.2) is 0 Å². The summed E-state index contributed by atoms with van der Waals surface area (Å²) in [5.74, 6) is -0.274. The first-order valence-electron chi connectivity index (χ1n) is 6.08. The van der Waals surface area contributed by atoms with E-state index >= 15 is 0 Å². The van der Waals surface area contributed by atoms with Crippen molar-refractivity contribution in [2.75, 3.05) is 17.2 Å². The van der Waals surface area contributed by atoms with E-state index in [1.54, 1.807) is 36.4 Å². The number of hydrogen-bond donors (Lipinski definition) is 2. The highest BCUT2D eigenvalue weighted by Crippen LogP contribution is 2.17. The van der Waals surface area contributed by atoms with Gasteiger partial charge in [-0.2, -0.15) is 0 Å². The number of nitro benzene ring substituents is 1. The van der Waals surface area contributed by atoms with Gasteiger partial charge in [0.2, 0.25) is 5.91 Å². The second-order valence-corrected chi connectivity index (χ2v) is 4.66. The molecule has 0 aliphatic heterocycles. The van der Waals surface area contributed by atoms with Crippen LogP contribution in [0.1, 0.15) is 0 Å². The molecule has 2 rings (SSSR count). The van der Waals surface area contributed by atoms with Gasteiger partial charge in [0.25, 0.3) is 5.69 Å². The van der Waals surface area contributed by atoms with E-state index < -0.39 is 4.92 Å². The predicted molar refractivity (Wildman–Crippen MR) is 81.7 cm³/mol. The fraction of sp³-hybridized carbons (Fsp3) is 0.0714. The zero-order valence-electron chi connectivity index (χ0n) is 10.9. The molecule has 0 saturated carbocycles. The van der Waals surface area contributed by atoms with Gasteiger partial charge in [0, 0.05) is 28.5 Å². The number of benzene rings is 2. The van der Waals surface area contributed by atoms with Crippen molar-refractivity contribution in [3.8, 4) is 0 Å². The van der Waals surface area contributed by atoms with Crippen molar-refractivity contribution >= 4 is 34.6 Å². The molecule has 2 N–H and O–H groups in total. The number of hydrogen-bond acceptors (Lipinski definition) is 4. The van der Waals surface area contributed by atoms with Crippen molar-refractivity contribution in [3.63, 3.8) is 0 Å². The van der Waals surface area contributed by atoms with Gasteiger partial charge >= 0.3 is 0 Å². The Hall–Kier alpha value is -2.60. The van der Waals surface area contributed by atoms with E-state index in [1.807, 2.05) is 0 Å². The second-order valence-electron chi connectivity index (χ2n) is 4.22. The van der Waals surface area contributed by atoms with Crippen LogP contribution in [0.2, 0.25) is 5.02 Å². The van der Waals surface area contributed by atoms with Crippen LogP contribution in [-0.2, 0) is 4.79 Å². The zero-order chi connectivity index (χ0) is 15.2. The summed E-state index contributed by atoms with van der Waals surface area (Å²) in [6.07, 6.45) is 0. The van der Waals surface area contributed by atoms with Gasteiger partial charge < -0.3 is 10.6 Å². The summed E-state index contributed by atoms with van der Waals surface area (Å²) in [6.45, 7) is -0.00627. The molecule has 0 fully saturated rings. The molecule has 2 aromatic carbocycles. The minimum absolute atomic E-state index is 0.00627. The SMILES string of the molecule is O=C(CNc1cccc([N+](=O)[O-])c1)Nc1cccc(Cl)c1. The number of nitro groups is 1. The Kier molecular flexibility index (Phi) is 4.73. The number of carbonyl (C=O) groups excluding carboxylic acids is 1. The van der Waals surface area contributed by atoms with Crippen LogP contribution in [0.4, 0.5) is 17.1 Å². The normalized spacial score (nSPS) is 9.95. The number of amides is 1. The molecule has 0 aromatic heterocycles. The third-order valence-corrected chi connectivity index (χ3v) is 2.85. The van der Waals surface area contributed by atoms with Gasteiger partial charge in [0.1, 0.15) is 0 Å². The Morgan fingerprint density at radius 1 is 1.14 bits per heavy atom. The van der Waals surface area contributed by atoms with Crippen LogP contribution in [0.15, 0.2) is 48.5 Å². The van der Waals surface area contributed by atoms with Gasteiger partial charge in [-0.3, -0.25) is 14.9 Å². The van der Waals surface area contributed by atoms with Gasteiger partial charge in [0.05, 0.1) is 11.5 Å². The number of nitrogens with one attached hydrogen (secondary N) is 2. The van der Waals surface area contributed by atoms with Crippen molar-refractivity contribution in [2.45, 2.75) is 0 Å². The van der Waals surface area contributed by atoms with Gasteiger partial charge in [-0.25, -0.2) is 0 Å². The number of non-ortho nitro benzene ring substituents is 1. The van der Waals surface area contributed by atoms with Crippen LogP contribution in [-0.4, -0.2) is 17.4 Å². The van der Waals surface area contributed by atoms with Crippen molar-refractivity contribution in [1.82, 2.24) is 0 Å². The lowest BCUT2D eigenvalue weighted by Crippen LogP contribution is -2.21. The number of anilines is 2. The molecule has 6 nitrogen and oxygen atoms in total. The maximum atomic E-state index is 11.8. The summed E-state index contributed by atoms with van der Waals surface area (Å²) in [4.78, 5) is 21.9. The predicted octanol–water partition coefficient (Wildman–Crippen LogP) is 3.30. The van der Waals surface area contributed by atoms with E-state index in [9.17, 15) is 14.9 Å². The van der Waals surface area contributed by atoms with E-state index in [0.717, 1.165) is 0 Å². The van der Waals surface area contributed by atoms with Crippen LogP contribution >= 0.6 is 11.6 Å². The zero-order valence-corrected chi connectivity index (χ0v) is 11.6. The molecular formula is C14H12ClN3O3. The highest BCUT2D eigenvalue weighted by atomic mass is 35.5. The average molecular weight is 306 g/mol. The fourth-order valence-corrected chi connectivity index (χ4v) is 1.87. The average Bonchev–Trinajstić information content (AvgIpc) is 2.45. The highest BCUT2D eigenvalue weighted by molar-refractivity contribution is 6.30. The topological polar surface area (TPSA) is 84.3 Å². The molecule has 108 valence electrons. The Morgan fingerprint density at radius 3 is 2.57 bits per heavy atom. The van der Waals surface area contributed by atoms with E-state index in [4.69, 9.17) is 11.6 Å². The van der Waals surface area contributed by atoms with Crippen LogP contribution in [0.3, 0.4) is 0 Å². The summed E-state index contributed by atoms with van der Waals surface area (Å²) in [6, 6.07) is 12.7. The van der Waals surface area contributed by atoms with E-state index in [0.29, 0.717) is 16.4 Å². The largest absolute Gasteiger partial charge is 0.376 e. The molecule has 0 aliphatic carbocycles. The lowest BCUT2D eigenvalue weighted by molar-refractivity contribution is -0.384. The Bertz CT molecular complexity index is 676. The highest BCUT2D eigenvalue weighted by Gasteiger charge is 2.07. The van der Waals surface area contributed by atoms with Crippen LogP contribution in [0, 0.1) is 10.1 Å². The maximum Gasteiger partial charge on any atom is 0.271 e. The third-order valence-electron chi connectivity index (χ3n) is 2.62. The maximum absolute atomic E-state index is 11.8. The Balaban J connectivity index is 1.92. The minimum atomic E-state index is -0.489. The quantitative estimate of drug-likeness (QED) is 0.655. The van der Waals surface area contributed by atoms with Crippen LogP contribution < -0.4 is 10.6 Å². The molecule has 0 heterocycles. The van der Waals surface area contributed by atoms with E-state index in [2.05, 4.69) is 10.6 Å². The third kappa shape index (κ3) is 4.47. The standard InChI is InChI=1S/C14H12ClN3O3/c15-10-3-1-5-12(7-10)17-14(19)9-16-11-4-2-6-13(8-11)18(20)21/h1-8,16H,9H2,(H,17,19). The molecule has 0 bridgehead atoms. The minimum Gasteiger partial charge on any atom is -0.376 e. The molecule has 0 radical (unpaired) electrons. The summed E-state index contributed by atoms with van der Waals surface area (Å²) in [5, 5.41) is 16.7. The smallest absolute Gasteiger partial charge is 0.271 e.